The largest absolute Gasteiger partial charge is 0.339 e. The Hall–Kier alpha value is -1.43. The summed E-state index contributed by atoms with van der Waals surface area (Å²) in [6, 6.07) is 6.36. The van der Waals surface area contributed by atoms with E-state index in [0.29, 0.717) is 28.6 Å². The molecule has 1 aromatic heterocycles. The molecule has 2 aliphatic rings. The van der Waals surface area contributed by atoms with Crippen molar-refractivity contribution in [1.29, 1.82) is 0 Å². The average Bonchev–Trinajstić information content (AvgIpc) is 2.92. The molecule has 2 aromatic rings. The number of fused-ring (bicyclic) bond motifs is 2. The Kier molecular flexibility index (Phi) is 6.83. The van der Waals surface area contributed by atoms with Crippen LogP contribution in [0.3, 0.4) is 0 Å². The first-order valence-corrected chi connectivity index (χ1v) is 8.69. The van der Waals surface area contributed by atoms with Gasteiger partial charge in [-0.05, 0) is 62.9 Å². The fourth-order valence-electron chi connectivity index (χ4n) is 4.04. The molecule has 7 heteroatoms. The Bertz CT molecular complexity index is 788. The number of nitrogens with one attached hydrogen (secondary N) is 1. The van der Waals surface area contributed by atoms with Crippen molar-refractivity contribution in [3.8, 4) is 0 Å². The van der Waals surface area contributed by atoms with E-state index in [-0.39, 0.29) is 36.5 Å². The van der Waals surface area contributed by atoms with E-state index in [1.54, 1.807) is 6.07 Å². The normalized spacial score (nSPS) is 22.2. The molecule has 0 bridgehead atoms. The smallest absolute Gasteiger partial charge is 0.255 e. The molecule has 26 heavy (non-hydrogen) atoms. The van der Waals surface area contributed by atoms with Crippen molar-refractivity contribution in [2.45, 2.75) is 19.8 Å². The number of likely N-dealkylation sites (tertiary alicyclic amines) is 1. The molecule has 1 N–H and O–H groups in total. The van der Waals surface area contributed by atoms with Crippen molar-refractivity contribution < 1.29 is 9.18 Å². The third-order valence-corrected chi connectivity index (χ3v) is 5.51. The van der Waals surface area contributed by atoms with E-state index < -0.39 is 0 Å². The zero-order valence-electron chi connectivity index (χ0n) is 14.7. The van der Waals surface area contributed by atoms with E-state index in [2.05, 4.69) is 10.3 Å². The van der Waals surface area contributed by atoms with Gasteiger partial charge >= 0.3 is 0 Å². The molecule has 4 rings (SSSR count). The number of nitrogens with zero attached hydrogens (tertiary/aromatic N) is 2. The Morgan fingerprint density at radius 2 is 1.81 bits per heavy atom. The maximum Gasteiger partial charge on any atom is 0.255 e. The van der Waals surface area contributed by atoms with Crippen LogP contribution in [0.25, 0.3) is 10.9 Å². The van der Waals surface area contributed by atoms with Gasteiger partial charge in [0.25, 0.3) is 5.91 Å². The summed E-state index contributed by atoms with van der Waals surface area (Å²) in [4.78, 5) is 19.4. The number of hydrogen-bond donors (Lipinski definition) is 1. The average molecular weight is 400 g/mol. The van der Waals surface area contributed by atoms with Crippen LogP contribution in [0, 0.1) is 24.6 Å². The van der Waals surface area contributed by atoms with Gasteiger partial charge in [-0.1, -0.05) is 0 Å². The predicted molar refractivity (Wildman–Crippen MR) is 106 cm³/mol. The molecule has 3 heterocycles. The van der Waals surface area contributed by atoms with E-state index in [1.807, 2.05) is 17.9 Å². The lowest BCUT2D eigenvalue weighted by atomic mass is 9.92. The molecular formula is C19H24Cl2FN3O. The quantitative estimate of drug-likeness (QED) is 0.796. The summed E-state index contributed by atoms with van der Waals surface area (Å²) in [6.45, 7) is 5.60. The minimum absolute atomic E-state index is 0. The van der Waals surface area contributed by atoms with Gasteiger partial charge in [0.05, 0.1) is 16.8 Å². The van der Waals surface area contributed by atoms with E-state index in [1.165, 1.54) is 12.1 Å². The highest BCUT2D eigenvalue weighted by Crippen LogP contribution is 2.28. The fraction of sp³-hybridized carbons (Fsp3) is 0.474. The van der Waals surface area contributed by atoms with Gasteiger partial charge in [0.15, 0.2) is 0 Å². The zero-order chi connectivity index (χ0) is 16.7. The summed E-state index contributed by atoms with van der Waals surface area (Å²) in [5, 5.41) is 4.26. The van der Waals surface area contributed by atoms with E-state index in [0.717, 1.165) is 44.4 Å². The van der Waals surface area contributed by atoms with Crippen LogP contribution in [0.2, 0.25) is 0 Å². The molecule has 0 aliphatic carbocycles. The van der Waals surface area contributed by atoms with Gasteiger partial charge in [0, 0.05) is 24.5 Å². The van der Waals surface area contributed by atoms with Crippen LogP contribution in [0.4, 0.5) is 4.39 Å². The van der Waals surface area contributed by atoms with Crippen LogP contribution in [-0.4, -0.2) is 42.0 Å². The van der Waals surface area contributed by atoms with E-state index in [4.69, 9.17) is 0 Å². The topological polar surface area (TPSA) is 45.2 Å². The fourth-order valence-corrected chi connectivity index (χ4v) is 4.04. The van der Waals surface area contributed by atoms with Crippen LogP contribution >= 0.6 is 24.8 Å². The second-order valence-corrected chi connectivity index (χ2v) is 7.01. The Balaban J connectivity index is 0.00000121. The van der Waals surface area contributed by atoms with Crippen LogP contribution in [-0.2, 0) is 0 Å². The minimum atomic E-state index is -0.304. The summed E-state index contributed by atoms with van der Waals surface area (Å²) in [5.74, 6) is 1.14. The summed E-state index contributed by atoms with van der Waals surface area (Å²) < 4.78 is 13.4. The highest BCUT2D eigenvalue weighted by molar-refractivity contribution is 5.98. The van der Waals surface area contributed by atoms with E-state index in [9.17, 15) is 9.18 Å². The SMILES string of the molecule is Cc1nc2cc(F)ccc2cc1C(=O)N1CC[C@@H]2CNC[C@@H]2CC1.Cl.Cl. The third kappa shape index (κ3) is 3.95. The van der Waals surface area contributed by atoms with Gasteiger partial charge in [-0.2, -0.15) is 0 Å². The summed E-state index contributed by atoms with van der Waals surface area (Å²) in [5.41, 5.74) is 1.91. The summed E-state index contributed by atoms with van der Waals surface area (Å²) in [7, 11) is 0. The van der Waals surface area contributed by atoms with Crippen molar-refractivity contribution in [2.75, 3.05) is 26.2 Å². The highest BCUT2D eigenvalue weighted by Gasteiger charge is 2.32. The third-order valence-electron chi connectivity index (χ3n) is 5.51. The van der Waals surface area contributed by atoms with Gasteiger partial charge in [-0.15, -0.1) is 24.8 Å². The van der Waals surface area contributed by atoms with Gasteiger partial charge in [-0.25, -0.2) is 4.39 Å². The van der Waals surface area contributed by atoms with Crippen molar-refractivity contribution >= 4 is 41.6 Å². The number of amides is 1. The lowest BCUT2D eigenvalue weighted by Gasteiger charge is -2.22. The molecule has 0 saturated carbocycles. The molecular weight excluding hydrogens is 376 g/mol. The first-order chi connectivity index (χ1) is 11.6. The number of aryl methyl sites for hydroxylation is 1. The molecule has 0 radical (unpaired) electrons. The monoisotopic (exact) mass is 399 g/mol. The van der Waals surface area contributed by atoms with Crippen LogP contribution < -0.4 is 5.32 Å². The van der Waals surface area contributed by atoms with Crippen molar-refractivity contribution in [1.82, 2.24) is 15.2 Å². The number of carbonyl (C=O) groups is 1. The molecule has 1 amide bonds. The lowest BCUT2D eigenvalue weighted by Crippen LogP contribution is -2.33. The second-order valence-electron chi connectivity index (χ2n) is 7.01. The minimum Gasteiger partial charge on any atom is -0.339 e. The van der Waals surface area contributed by atoms with Crippen molar-refractivity contribution in [2.24, 2.45) is 11.8 Å². The number of pyridine rings is 1. The molecule has 4 nitrogen and oxygen atoms in total. The van der Waals surface area contributed by atoms with Gasteiger partial charge in [0.2, 0.25) is 0 Å². The second kappa shape index (κ2) is 8.51. The number of benzene rings is 1. The summed E-state index contributed by atoms with van der Waals surface area (Å²) >= 11 is 0. The number of aromatic nitrogens is 1. The molecule has 2 atom stereocenters. The molecule has 0 unspecified atom stereocenters. The first kappa shape index (κ1) is 20.9. The molecule has 142 valence electrons. The maximum atomic E-state index is 13.4. The number of rotatable bonds is 1. The molecule has 2 aliphatic heterocycles. The number of halogens is 3. The lowest BCUT2D eigenvalue weighted by molar-refractivity contribution is 0.0757. The highest BCUT2D eigenvalue weighted by atomic mass is 35.5. The Morgan fingerprint density at radius 1 is 1.15 bits per heavy atom. The molecule has 0 spiro atoms. The van der Waals surface area contributed by atoms with Gasteiger partial charge in [-0.3, -0.25) is 9.78 Å². The van der Waals surface area contributed by atoms with Gasteiger partial charge in [0.1, 0.15) is 5.82 Å². The zero-order valence-corrected chi connectivity index (χ0v) is 16.3. The van der Waals surface area contributed by atoms with Crippen molar-refractivity contribution in [3.05, 3.63) is 41.3 Å². The molecule has 1 aromatic carbocycles. The maximum absolute atomic E-state index is 13.4. The van der Waals surface area contributed by atoms with Crippen LogP contribution in [0.1, 0.15) is 28.9 Å². The van der Waals surface area contributed by atoms with Crippen molar-refractivity contribution in [3.63, 3.8) is 0 Å². The van der Waals surface area contributed by atoms with E-state index >= 15 is 0 Å². The number of hydrogen-bond acceptors (Lipinski definition) is 3. The van der Waals surface area contributed by atoms with Gasteiger partial charge < -0.3 is 10.2 Å². The summed E-state index contributed by atoms with van der Waals surface area (Å²) in [6.07, 6.45) is 2.13. The van der Waals surface area contributed by atoms with Crippen LogP contribution in [0.5, 0.6) is 0 Å². The first-order valence-electron chi connectivity index (χ1n) is 8.69. The number of carbonyl (C=O) groups excluding carboxylic acids is 1. The Labute approximate surface area is 165 Å². The molecule has 2 saturated heterocycles. The van der Waals surface area contributed by atoms with Crippen LogP contribution in [0.15, 0.2) is 24.3 Å². The standard InChI is InChI=1S/C19H22FN3O.2ClH/c1-12-17(8-13-2-3-16(20)9-18(13)22-12)19(24)23-6-4-14-10-21-11-15(14)5-7-23;;/h2-3,8-9,14-15,21H,4-7,10-11H2,1H3;2*1H/t14-,15+;;. The Morgan fingerprint density at radius 3 is 2.46 bits per heavy atom. The molecule has 2 fully saturated rings. The predicted octanol–water partition coefficient (Wildman–Crippen LogP) is 3.60.